The van der Waals surface area contributed by atoms with Gasteiger partial charge in [-0.15, -0.1) is 0 Å². The van der Waals surface area contributed by atoms with Gasteiger partial charge >= 0.3 is 5.97 Å². The van der Waals surface area contributed by atoms with Crippen molar-refractivity contribution in [2.24, 2.45) is 35.5 Å². The lowest BCUT2D eigenvalue weighted by molar-refractivity contribution is -0.158. The summed E-state index contributed by atoms with van der Waals surface area (Å²) in [6.45, 7) is 28.5. The van der Waals surface area contributed by atoms with E-state index in [1.54, 1.807) is 67.5 Å². The summed E-state index contributed by atoms with van der Waals surface area (Å²) >= 11 is 0. The molecule has 0 spiro atoms. The van der Waals surface area contributed by atoms with E-state index in [0.29, 0.717) is 0 Å². The highest BCUT2D eigenvalue weighted by Crippen LogP contribution is 2.26. The Morgan fingerprint density at radius 3 is 1.43 bits per heavy atom. The Labute approximate surface area is 559 Å². The molecular weight excluding hydrogens is 1210 g/mol. The van der Waals surface area contributed by atoms with E-state index in [9.17, 15) is 39.0 Å². The highest BCUT2D eigenvalue weighted by molar-refractivity contribution is 6.00. The molecule has 0 aliphatic carbocycles. The molecule has 1 aliphatic rings. The lowest BCUT2D eigenvalue weighted by Crippen LogP contribution is -2.64. The number of amides is 11. The molecule has 0 aromatic carbocycles. The van der Waals surface area contributed by atoms with Crippen LogP contribution in [0.4, 0.5) is 0 Å². The minimum absolute atomic E-state index is 0.00679. The first-order valence-electron chi connectivity index (χ1n) is 33.2. The first-order valence-corrected chi connectivity index (χ1v) is 33.2. The molecule has 0 saturated carbocycles. The molecule has 11 amide bonds. The minimum atomic E-state index is -1.73. The van der Waals surface area contributed by atoms with Crippen molar-refractivity contribution in [2.45, 2.75) is 241 Å². The average Bonchev–Trinajstić information content (AvgIpc) is 0.834. The number of hydrogen-bond donors (Lipinski definition) is 6. The molecule has 0 unspecified atom stereocenters. The number of esters is 1. The predicted molar refractivity (Wildman–Crippen MR) is 356 cm³/mol. The topological polar surface area (TPSA) is 335 Å². The molecule has 6 N–H and O–H groups in total. The van der Waals surface area contributed by atoms with Gasteiger partial charge in [-0.2, -0.15) is 0 Å². The maximum Gasteiger partial charge on any atom is 0.332 e. The van der Waals surface area contributed by atoms with Gasteiger partial charge in [-0.05, 0) is 109 Å². The molecule has 0 radical (unpaired) electrons. The predicted octanol–water partition coefficient (Wildman–Crippen LogP) is 2.33. The fourth-order valence-electron chi connectivity index (χ4n) is 11.4. The van der Waals surface area contributed by atoms with Crippen LogP contribution in [0.2, 0.25) is 0 Å². The van der Waals surface area contributed by atoms with Crippen molar-refractivity contribution in [2.75, 3.05) is 69.2 Å². The zero-order chi connectivity index (χ0) is 72.9. The Kier molecular flexibility index (Phi) is 35.1. The molecule has 538 valence electrons. The molecule has 1 fully saturated rings. The van der Waals surface area contributed by atoms with Gasteiger partial charge in [0.2, 0.25) is 65.0 Å². The van der Waals surface area contributed by atoms with Gasteiger partial charge in [0.05, 0.1) is 24.9 Å². The van der Waals surface area contributed by atoms with E-state index in [2.05, 4.69) is 21.3 Å². The Bertz CT molecular complexity index is 2610. The average molecular weight is 1330 g/mol. The van der Waals surface area contributed by atoms with E-state index in [1.807, 2.05) is 41.5 Å². The van der Waals surface area contributed by atoms with Crippen LogP contribution in [0.25, 0.3) is 0 Å². The zero-order valence-electron chi connectivity index (χ0n) is 61.2. The largest absolute Gasteiger partial charge is 0.464 e. The second-order valence-corrected chi connectivity index (χ2v) is 28.0. The fourth-order valence-corrected chi connectivity index (χ4v) is 11.4. The van der Waals surface area contributed by atoms with Crippen molar-refractivity contribution in [3.8, 4) is 0 Å². The van der Waals surface area contributed by atoms with Crippen LogP contribution in [0, 0.1) is 35.5 Å². The van der Waals surface area contributed by atoms with E-state index in [-0.39, 0.29) is 56.5 Å². The molecule has 94 heavy (non-hydrogen) atoms. The quantitative estimate of drug-likeness (QED) is 0.0753. The molecule has 0 aromatic heterocycles. The molecule has 1 rings (SSSR count). The number of aliphatic hydroxyl groups is 2. The van der Waals surface area contributed by atoms with Crippen molar-refractivity contribution < 1.29 is 77.2 Å². The maximum absolute atomic E-state index is 15.3. The van der Waals surface area contributed by atoms with Crippen LogP contribution in [-0.4, -0.2) is 263 Å². The van der Waals surface area contributed by atoms with Crippen LogP contribution < -0.4 is 21.3 Å². The van der Waals surface area contributed by atoms with Gasteiger partial charge in [-0.25, -0.2) is 4.79 Å². The Balaban J connectivity index is 4.59. The summed E-state index contributed by atoms with van der Waals surface area (Å²) in [5, 5.41) is 34.4. The molecule has 27 heteroatoms. The Hall–Kier alpha value is -6.74. The zero-order valence-corrected chi connectivity index (χ0v) is 61.2. The molecule has 0 bridgehead atoms. The van der Waals surface area contributed by atoms with Gasteiger partial charge in [-0.1, -0.05) is 95.2 Å². The number of carbonyl (C=O) groups excluding carboxylic acids is 12. The van der Waals surface area contributed by atoms with Gasteiger partial charge in [0.15, 0.2) is 0 Å². The maximum atomic E-state index is 15.3. The number of ether oxygens (including phenoxy) is 2. The number of nitrogens with zero attached hydrogens (tertiary/aromatic N) is 7. The van der Waals surface area contributed by atoms with Crippen LogP contribution >= 0.6 is 0 Å². The summed E-state index contributed by atoms with van der Waals surface area (Å²) in [7, 11) is 9.41. The van der Waals surface area contributed by atoms with E-state index < -0.39 is 187 Å². The first-order chi connectivity index (χ1) is 43.4. The van der Waals surface area contributed by atoms with Crippen LogP contribution in [-0.2, 0) is 67.0 Å². The lowest BCUT2D eigenvalue weighted by Gasteiger charge is -2.41. The first kappa shape index (κ1) is 85.3. The third-order valence-corrected chi connectivity index (χ3v) is 17.2. The lowest BCUT2D eigenvalue weighted by atomic mass is 9.91. The monoisotopic (exact) mass is 1330 g/mol. The Morgan fingerprint density at radius 1 is 0.521 bits per heavy atom. The minimum Gasteiger partial charge on any atom is -0.464 e. The van der Waals surface area contributed by atoms with E-state index in [1.165, 1.54) is 91.7 Å². The van der Waals surface area contributed by atoms with Crippen LogP contribution in [0.15, 0.2) is 12.2 Å². The summed E-state index contributed by atoms with van der Waals surface area (Å²) < 4.78 is 10.8. The summed E-state index contributed by atoms with van der Waals surface area (Å²) in [5.41, 5.74) is -1.67. The van der Waals surface area contributed by atoms with Gasteiger partial charge < -0.3 is 75.3 Å². The van der Waals surface area contributed by atoms with Gasteiger partial charge in [0.25, 0.3) is 0 Å². The van der Waals surface area contributed by atoms with E-state index in [4.69, 9.17) is 9.47 Å². The van der Waals surface area contributed by atoms with E-state index >= 15 is 28.8 Å². The van der Waals surface area contributed by atoms with Crippen molar-refractivity contribution in [1.82, 2.24) is 55.6 Å². The smallest absolute Gasteiger partial charge is 0.332 e. The van der Waals surface area contributed by atoms with Crippen molar-refractivity contribution in [3.05, 3.63) is 12.2 Å². The third kappa shape index (κ3) is 24.5. The number of nitrogens with one attached hydrogen (secondary N) is 4. The summed E-state index contributed by atoms with van der Waals surface area (Å²) in [5.74, 6) is -12.1. The Morgan fingerprint density at radius 2 is 0.957 bits per heavy atom. The van der Waals surface area contributed by atoms with Crippen molar-refractivity contribution in [3.63, 3.8) is 0 Å². The summed E-state index contributed by atoms with van der Waals surface area (Å²) in [6, 6.07) is -15.3. The number of rotatable bonds is 20. The SMILES string of the molecule is C/C=C/C[C@@H](C)[C@@H](O)[C@H]1C(=O)N[C@@H](CC)C(=O)N(C)[C@H](COCC(=O)OCC)C(=O)N(C)[C@@H](CC(C)(C)O)C(=O)N[C@@H](C(C)C)C(=O)N(C)[C@@H](CC(C)C)C(=O)N[C@@H](C)C(=O)N[C@H](C)C(=O)N(C)[C@@H](CC(C)C)C(=O)N(C)[C@@H](CC(C)C)C(=O)N(C)[C@@H](C(C)C)C(=O)N1C. The van der Waals surface area contributed by atoms with E-state index in [0.717, 1.165) is 19.6 Å². The number of likely N-dealkylation sites (N-methyl/N-ethyl adjacent to an activating group) is 7. The van der Waals surface area contributed by atoms with Crippen molar-refractivity contribution in [1.29, 1.82) is 0 Å². The summed E-state index contributed by atoms with van der Waals surface area (Å²) in [4.78, 5) is 184. The van der Waals surface area contributed by atoms with Crippen LogP contribution in [0.5, 0.6) is 0 Å². The highest BCUT2D eigenvalue weighted by Gasteiger charge is 2.47. The number of carbonyl (C=O) groups is 12. The second-order valence-electron chi connectivity index (χ2n) is 28.0. The second kappa shape index (κ2) is 38.7. The highest BCUT2D eigenvalue weighted by atomic mass is 16.6. The molecule has 1 heterocycles. The van der Waals surface area contributed by atoms with Crippen LogP contribution in [0.3, 0.4) is 0 Å². The normalized spacial score (nSPS) is 26.3. The number of allylic oxidation sites excluding steroid dienone is 2. The number of hydrogen-bond acceptors (Lipinski definition) is 16. The van der Waals surface area contributed by atoms with Gasteiger partial charge in [0, 0.05) is 55.8 Å². The van der Waals surface area contributed by atoms with Gasteiger partial charge in [-0.3, -0.25) is 52.7 Å². The molecular formula is C67H119N11O16. The van der Waals surface area contributed by atoms with Gasteiger partial charge in [0.1, 0.15) is 73.1 Å². The molecule has 0 aromatic rings. The molecule has 13 atom stereocenters. The standard InChI is InChI=1S/C67H119N11O16/c1-26-29-30-42(14)55(80)54-59(84)70-45(27-2)61(86)76(23)50(35-93-36-51(79)94-28-3)64(89)75(22)49(34-67(17,18)92)58(83)71-52(40(10)11)65(90)72(19)46(31-37(4)5)57(82)68-43(15)56(81)69-44(16)60(85)73(20)47(32-38(6)7)62(87)74(21)48(33-39(8)9)63(88)77(24)53(41(12)13)66(91)78(54)25/h26,29,37-50,52-55,80,92H,27-28,30-36H2,1-25H3,(H,68,82)(H,69,81)(H,70,84)(H,71,83)/b29-26+/t42-,43+,44-,45+,46+,47+,48+,49+,50-,52+,53+,54+,55-/m1/s1. The molecule has 1 aliphatic heterocycles. The fraction of sp³-hybridized carbons (Fsp3) is 0.791. The van der Waals surface area contributed by atoms with Crippen molar-refractivity contribution >= 4 is 70.9 Å². The number of aliphatic hydroxyl groups excluding tert-OH is 1. The molecule has 1 saturated heterocycles. The summed E-state index contributed by atoms with van der Waals surface area (Å²) in [6.07, 6.45) is 1.91. The third-order valence-electron chi connectivity index (χ3n) is 17.2. The molecule has 27 nitrogen and oxygen atoms in total. The van der Waals surface area contributed by atoms with Crippen LogP contribution in [0.1, 0.15) is 163 Å².